The molecule has 17 heavy (non-hydrogen) atoms. The Morgan fingerprint density at radius 2 is 2.18 bits per heavy atom. The van der Waals surface area contributed by atoms with Crippen molar-refractivity contribution in [3.8, 4) is 0 Å². The van der Waals surface area contributed by atoms with Crippen LogP contribution in [0, 0.1) is 6.92 Å². The van der Waals surface area contributed by atoms with Gasteiger partial charge in [-0.2, -0.15) is 0 Å². The van der Waals surface area contributed by atoms with Gasteiger partial charge in [-0.25, -0.2) is 0 Å². The monoisotopic (exact) mass is 298 g/mol. The Balaban J connectivity index is 2.83. The molecule has 94 valence electrons. The molecule has 0 aromatic heterocycles. The van der Waals surface area contributed by atoms with E-state index >= 15 is 0 Å². The number of carbonyl (C=O) groups excluding carboxylic acids is 1. The SMILES string of the molecule is CCOC(=O)Cc1c(C)cccc1CCCBr. The molecule has 0 fully saturated rings. The number of ether oxygens (including phenoxy) is 1. The van der Waals surface area contributed by atoms with Gasteiger partial charge in [-0.3, -0.25) is 4.79 Å². The highest BCUT2D eigenvalue weighted by molar-refractivity contribution is 9.09. The summed E-state index contributed by atoms with van der Waals surface area (Å²) >= 11 is 3.43. The molecule has 0 amide bonds. The van der Waals surface area contributed by atoms with Crippen LogP contribution in [0.15, 0.2) is 18.2 Å². The van der Waals surface area contributed by atoms with Crippen molar-refractivity contribution in [2.75, 3.05) is 11.9 Å². The minimum atomic E-state index is -0.137. The van der Waals surface area contributed by atoms with Gasteiger partial charge >= 0.3 is 5.97 Å². The molecule has 1 aromatic carbocycles. The highest BCUT2D eigenvalue weighted by Gasteiger charge is 2.10. The number of carbonyl (C=O) groups is 1. The predicted molar refractivity (Wildman–Crippen MR) is 73.6 cm³/mol. The average molecular weight is 299 g/mol. The zero-order chi connectivity index (χ0) is 12.7. The van der Waals surface area contributed by atoms with Crippen LogP contribution in [-0.4, -0.2) is 17.9 Å². The highest BCUT2D eigenvalue weighted by Crippen LogP contribution is 2.17. The molecule has 0 unspecified atom stereocenters. The zero-order valence-corrected chi connectivity index (χ0v) is 12.0. The van der Waals surface area contributed by atoms with Crippen molar-refractivity contribution in [3.05, 3.63) is 34.9 Å². The van der Waals surface area contributed by atoms with Gasteiger partial charge < -0.3 is 4.74 Å². The van der Waals surface area contributed by atoms with E-state index < -0.39 is 0 Å². The van der Waals surface area contributed by atoms with E-state index in [0.29, 0.717) is 13.0 Å². The third-order valence-corrected chi connectivity index (χ3v) is 3.27. The van der Waals surface area contributed by atoms with Crippen LogP contribution in [0.5, 0.6) is 0 Å². The molecule has 0 saturated heterocycles. The first-order valence-electron chi connectivity index (χ1n) is 5.98. The molecule has 0 aliphatic rings. The summed E-state index contributed by atoms with van der Waals surface area (Å²) in [6, 6.07) is 6.20. The van der Waals surface area contributed by atoms with E-state index in [0.717, 1.165) is 23.7 Å². The van der Waals surface area contributed by atoms with Gasteiger partial charge in [-0.15, -0.1) is 0 Å². The van der Waals surface area contributed by atoms with Crippen molar-refractivity contribution in [2.45, 2.75) is 33.1 Å². The van der Waals surface area contributed by atoms with E-state index in [4.69, 9.17) is 4.74 Å². The number of rotatable bonds is 6. The van der Waals surface area contributed by atoms with Gasteiger partial charge in [0.2, 0.25) is 0 Å². The van der Waals surface area contributed by atoms with Gasteiger partial charge in [-0.1, -0.05) is 34.1 Å². The number of benzene rings is 1. The first-order valence-corrected chi connectivity index (χ1v) is 7.10. The third-order valence-electron chi connectivity index (χ3n) is 2.71. The van der Waals surface area contributed by atoms with Crippen LogP contribution < -0.4 is 0 Å². The minimum absolute atomic E-state index is 0.137. The van der Waals surface area contributed by atoms with Crippen LogP contribution in [0.3, 0.4) is 0 Å². The lowest BCUT2D eigenvalue weighted by atomic mass is 9.96. The Morgan fingerprint density at radius 3 is 2.82 bits per heavy atom. The fourth-order valence-corrected chi connectivity index (χ4v) is 2.14. The fraction of sp³-hybridized carbons (Fsp3) is 0.500. The molecule has 0 bridgehead atoms. The number of alkyl halides is 1. The van der Waals surface area contributed by atoms with Gasteiger partial charge in [-0.05, 0) is 43.4 Å². The van der Waals surface area contributed by atoms with Crippen LogP contribution in [0.1, 0.15) is 30.0 Å². The first kappa shape index (κ1) is 14.2. The molecule has 0 aliphatic carbocycles. The summed E-state index contributed by atoms with van der Waals surface area (Å²) < 4.78 is 5.01. The molecule has 0 atom stereocenters. The largest absolute Gasteiger partial charge is 0.466 e. The molecule has 3 heteroatoms. The van der Waals surface area contributed by atoms with Crippen LogP contribution in [-0.2, 0) is 22.4 Å². The van der Waals surface area contributed by atoms with Gasteiger partial charge in [0.15, 0.2) is 0 Å². The topological polar surface area (TPSA) is 26.3 Å². The predicted octanol–water partition coefficient (Wildman–Crippen LogP) is 3.43. The summed E-state index contributed by atoms with van der Waals surface area (Å²) in [7, 11) is 0. The lowest BCUT2D eigenvalue weighted by Crippen LogP contribution is -2.10. The van der Waals surface area contributed by atoms with Crippen molar-refractivity contribution in [1.82, 2.24) is 0 Å². The normalized spacial score (nSPS) is 10.3. The quantitative estimate of drug-likeness (QED) is 0.594. The van der Waals surface area contributed by atoms with Crippen LogP contribution in [0.25, 0.3) is 0 Å². The maximum atomic E-state index is 11.6. The molecule has 2 nitrogen and oxygen atoms in total. The first-order chi connectivity index (χ1) is 8.19. The molecule has 1 rings (SSSR count). The second-order valence-corrected chi connectivity index (χ2v) is 4.78. The molecule has 1 aromatic rings. The van der Waals surface area contributed by atoms with E-state index in [1.165, 1.54) is 11.1 Å². The third kappa shape index (κ3) is 4.50. The van der Waals surface area contributed by atoms with E-state index in [1.54, 1.807) is 0 Å². The van der Waals surface area contributed by atoms with Crippen LogP contribution in [0.2, 0.25) is 0 Å². The average Bonchev–Trinajstić information content (AvgIpc) is 2.30. The number of esters is 1. The Labute approximate surface area is 111 Å². The molecular formula is C14H19BrO2. The second kappa shape index (κ2) is 7.49. The zero-order valence-electron chi connectivity index (χ0n) is 10.5. The minimum Gasteiger partial charge on any atom is -0.466 e. The molecule has 0 radical (unpaired) electrons. The molecule has 0 saturated carbocycles. The lowest BCUT2D eigenvalue weighted by molar-refractivity contribution is -0.142. The maximum Gasteiger partial charge on any atom is 0.310 e. The summed E-state index contributed by atoms with van der Waals surface area (Å²) in [6.45, 7) is 4.33. The summed E-state index contributed by atoms with van der Waals surface area (Å²) in [5, 5.41) is 0.986. The Hall–Kier alpha value is -0.830. The molecule has 0 spiro atoms. The van der Waals surface area contributed by atoms with E-state index in [2.05, 4.69) is 22.0 Å². The van der Waals surface area contributed by atoms with Crippen molar-refractivity contribution >= 4 is 21.9 Å². The van der Waals surface area contributed by atoms with Crippen LogP contribution >= 0.6 is 15.9 Å². The fourth-order valence-electron chi connectivity index (χ4n) is 1.86. The van der Waals surface area contributed by atoms with E-state index in [1.807, 2.05) is 26.0 Å². The smallest absolute Gasteiger partial charge is 0.310 e. The molecule has 0 N–H and O–H groups in total. The second-order valence-electron chi connectivity index (χ2n) is 3.99. The molecular weight excluding hydrogens is 280 g/mol. The van der Waals surface area contributed by atoms with Gasteiger partial charge in [0, 0.05) is 5.33 Å². The van der Waals surface area contributed by atoms with Crippen molar-refractivity contribution in [3.63, 3.8) is 0 Å². The number of halogens is 1. The van der Waals surface area contributed by atoms with Crippen molar-refractivity contribution < 1.29 is 9.53 Å². The van der Waals surface area contributed by atoms with E-state index in [9.17, 15) is 4.79 Å². The van der Waals surface area contributed by atoms with Gasteiger partial charge in [0.1, 0.15) is 0 Å². The van der Waals surface area contributed by atoms with Gasteiger partial charge in [0.25, 0.3) is 0 Å². The van der Waals surface area contributed by atoms with E-state index in [-0.39, 0.29) is 5.97 Å². The maximum absolute atomic E-state index is 11.6. The van der Waals surface area contributed by atoms with Gasteiger partial charge in [0.05, 0.1) is 13.0 Å². The highest BCUT2D eigenvalue weighted by atomic mass is 79.9. The number of aryl methyl sites for hydroxylation is 2. The Bertz CT molecular complexity index is 374. The standard InChI is InChI=1S/C14H19BrO2/c1-3-17-14(16)10-13-11(2)6-4-7-12(13)8-5-9-15/h4,6-7H,3,5,8-10H2,1-2H3. The van der Waals surface area contributed by atoms with Crippen LogP contribution in [0.4, 0.5) is 0 Å². The summed E-state index contributed by atoms with van der Waals surface area (Å²) in [5.74, 6) is -0.137. The number of hydrogen-bond acceptors (Lipinski definition) is 2. The summed E-state index contributed by atoms with van der Waals surface area (Å²) in [4.78, 5) is 11.6. The van der Waals surface area contributed by atoms with Crippen molar-refractivity contribution in [2.24, 2.45) is 0 Å². The Morgan fingerprint density at radius 1 is 1.41 bits per heavy atom. The summed E-state index contributed by atoms with van der Waals surface area (Å²) in [5.41, 5.74) is 3.56. The molecule has 0 heterocycles. The Kier molecular flexibility index (Phi) is 6.27. The number of hydrogen-bond donors (Lipinski definition) is 0. The van der Waals surface area contributed by atoms with Crippen molar-refractivity contribution in [1.29, 1.82) is 0 Å². The summed E-state index contributed by atoms with van der Waals surface area (Å²) in [6.07, 6.45) is 2.47. The molecule has 0 aliphatic heterocycles. The lowest BCUT2D eigenvalue weighted by Gasteiger charge is -2.11.